The van der Waals surface area contributed by atoms with Crippen LogP contribution in [0.15, 0.2) is 0 Å². The molecule has 0 aromatic carbocycles. The van der Waals surface area contributed by atoms with E-state index in [0.717, 1.165) is 32.2 Å². The summed E-state index contributed by atoms with van der Waals surface area (Å²) in [6, 6.07) is 0. The molecule has 1 fully saturated rings. The van der Waals surface area contributed by atoms with E-state index < -0.39 is 0 Å². The first kappa shape index (κ1) is 16.3. The SMILES string of the molecule is CCN(C)CCOCC1CCN(C(C)SC)CC1. The largest absolute Gasteiger partial charge is 0.380 e. The molecule has 18 heavy (non-hydrogen) atoms. The molecule has 108 valence electrons. The molecule has 0 N–H and O–H groups in total. The predicted molar refractivity (Wildman–Crippen MR) is 81.3 cm³/mol. The number of thioether (sulfide) groups is 1. The first-order valence-electron chi connectivity index (χ1n) is 7.20. The number of likely N-dealkylation sites (tertiary alicyclic amines) is 1. The van der Waals surface area contributed by atoms with Crippen LogP contribution in [0.25, 0.3) is 0 Å². The Hall–Kier alpha value is 0.230. The van der Waals surface area contributed by atoms with Crippen molar-refractivity contribution in [2.45, 2.75) is 32.1 Å². The van der Waals surface area contributed by atoms with Crippen LogP contribution >= 0.6 is 11.8 Å². The fourth-order valence-corrected chi connectivity index (χ4v) is 2.77. The Labute approximate surface area is 117 Å². The van der Waals surface area contributed by atoms with Crippen LogP contribution in [0.3, 0.4) is 0 Å². The highest BCUT2D eigenvalue weighted by Crippen LogP contribution is 2.22. The number of piperidine rings is 1. The zero-order valence-electron chi connectivity index (χ0n) is 12.5. The van der Waals surface area contributed by atoms with E-state index in [0.29, 0.717) is 5.37 Å². The summed E-state index contributed by atoms with van der Waals surface area (Å²) in [5.74, 6) is 0.780. The van der Waals surface area contributed by atoms with Gasteiger partial charge in [0.05, 0.1) is 12.0 Å². The van der Waals surface area contributed by atoms with Crippen molar-refractivity contribution < 1.29 is 4.74 Å². The molecule has 0 aromatic heterocycles. The standard InChI is InChI=1S/C14H30N2OS/c1-5-15(3)10-11-17-12-14-6-8-16(9-7-14)13(2)18-4/h13-14H,5-12H2,1-4H3. The first-order valence-corrected chi connectivity index (χ1v) is 8.49. The first-order chi connectivity index (χ1) is 8.67. The highest BCUT2D eigenvalue weighted by Gasteiger charge is 2.22. The average molecular weight is 274 g/mol. The summed E-state index contributed by atoms with van der Waals surface area (Å²) in [6.45, 7) is 11.0. The van der Waals surface area contributed by atoms with Gasteiger partial charge in [0.25, 0.3) is 0 Å². The summed E-state index contributed by atoms with van der Waals surface area (Å²) >= 11 is 1.95. The van der Waals surface area contributed by atoms with E-state index in [1.54, 1.807) is 0 Å². The van der Waals surface area contributed by atoms with E-state index in [1.807, 2.05) is 11.8 Å². The normalized spacial score (nSPS) is 20.5. The molecule has 0 spiro atoms. The second kappa shape index (κ2) is 9.18. The highest BCUT2D eigenvalue weighted by molar-refractivity contribution is 7.99. The molecule has 1 aliphatic rings. The lowest BCUT2D eigenvalue weighted by molar-refractivity contribution is 0.0565. The van der Waals surface area contributed by atoms with E-state index in [4.69, 9.17) is 4.74 Å². The number of likely N-dealkylation sites (N-methyl/N-ethyl adjacent to an activating group) is 1. The highest BCUT2D eigenvalue weighted by atomic mass is 32.2. The van der Waals surface area contributed by atoms with E-state index in [-0.39, 0.29) is 0 Å². The molecule has 0 radical (unpaired) electrons. The zero-order valence-corrected chi connectivity index (χ0v) is 13.3. The Balaban J connectivity index is 2.05. The second-order valence-electron chi connectivity index (χ2n) is 5.29. The Morgan fingerprint density at radius 2 is 2.06 bits per heavy atom. The number of rotatable bonds is 8. The van der Waals surface area contributed by atoms with Crippen molar-refractivity contribution in [3.05, 3.63) is 0 Å². The van der Waals surface area contributed by atoms with Gasteiger partial charge >= 0.3 is 0 Å². The lowest BCUT2D eigenvalue weighted by Gasteiger charge is -2.35. The maximum Gasteiger partial charge on any atom is 0.0593 e. The number of ether oxygens (including phenoxy) is 1. The molecule has 0 aromatic rings. The number of hydrogen-bond donors (Lipinski definition) is 0. The van der Waals surface area contributed by atoms with Gasteiger partial charge in [-0.3, -0.25) is 4.90 Å². The summed E-state index contributed by atoms with van der Waals surface area (Å²) in [7, 11) is 2.14. The van der Waals surface area contributed by atoms with Gasteiger partial charge in [-0.25, -0.2) is 0 Å². The molecule has 4 heteroatoms. The van der Waals surface area contributed by atoms with E-state index >= 15 is 0 Å². The van der Waals surface area contributed by atoms with Crippen molar-refractivity contribution in [1.82, 2.24) is 9.80 Å². The zero-order chi connectivity index (χ0) is 13.4. The summed E-state index contributed by atoms with van der Waals surface area (Å²) in [5, 5.41) is 0.671. The van der Waals surface area contributed by atoms with Gasteiger partial charge in [0.15, 0.2) is 0 Å². The Morgan fingerprint density at radius 1 is 1.39 bits per heavy atom. The predicted octanol–water partition coefficient (Wildman–Crippen LogP) is 2.38. The van der Waals surface area contributed by atoms with Crippen molar-refractivity contribution in [2.75, 3.05) is 52.7 Å². The van der Waals surface area contributed by atoms with Crippen molar-refractivity contribution in [2.24, 2.45) is 5.92 Å². The van der Waals surface area contributed by atoms with E-state index in [2.05, 4.69) is 37.0 Å². The Bertz CT molecular complexity index is 208. The smallest absolute Gasteiger partial charge is 0.0593 e. The maximum absolute atomic E-state index is 5.80. The fourth-order valence-electron chi connectivity index (χ4n) is 2.26. The second-order valence-corrected chi connectivity index (χ2v) is 6.44. The summed E-state index contributed by atoms with van der Waals surface area (Å²) < 4.78 is 5.80. The molecule has 1 rings (SSSR count). The Morgan fingerprint density at radius 3 is 2.61 bits per heavy atom. The van der Waals surface area contributed by atoms with Crippen LogP contribution in [0.5, 0.6) is 0 Å². The van der Waals surface area contributed by atoms with Crippen molar-refractivity contribution >= 4 is 11.8 Å². The summed E-state index contributed by atoms with van der Waals surface area (Å²) in [5.41, 5.74) is 0. The number of nitrogens with zero attached hydrogens (tertiary/aromatic N) is 2. The maximum atomic E-state index is 5.80. The van der Waals surface area contributed by atoms with Crippen LogP contribution < -0.4 is 0 Å². The van der Waals surface area contributed by atoms with Gasteiger partial charge in [-0.15, -0.1) is 11.8 Å². The fraction of sp³-hybridized carbons (Fsp3) is 1.00. The molecule has 0 amide bonds. The third-order valence-electron chi connectivity index (χ3n) is 4.02. The van der Waals surface area contributed by atoms with Crippen molar-refractivity contribution in [3.8, 4) is 0 Å². The third-order valence-corrected chi connectivity index (χ3v) is 5.00. The lowest BCUT2D eigenvalue weighted by Crippen LogP contribution is -2.39. The molecule has 0 saturated carbocycles. The van der Waals surface area contributed by atoms with Gasteiger partial charge in [0, 0.05) is 13.2 Å². The monoisotopic (exact) mass is 274 g/mol. The summed E-state index contributed by atoms with van der Waals surface area (Å²) in [4.78, 5) is 4.88. The molecule has 1 saturated heterocycles. The minimum Gasteiger partial charge on any atom is -0.380 e. The van der Waals surface area contributed by atoms with E-state index in [9.17, 15) is 0 Å². The van der Waals surface area contributed by atoms with Gasteiger partial charge in [-0.05, 0) is 58.6 Å². The minimum absolute atomic E-state index is 0.671. The van der Waals surface area contributed by atoms with Crippen LogP contribution in [0, 0.1) is 5.92 Å². The summed E-state index contributed by atoms with van der Waals surface area (Å²) in [6.07, 6.45) is 4.80. The van der Waals surface area contributed by atoms with Gasteiger partial charge < -0.3 is 9.64 Å². The van der Waals surface area contributed by atoms with Gasteiger partial charge in [0.1, 0.15) is 0 Å². The van der Waals surface area contributed by atoms with Gasteiger partial charge in [0.2, 0.25) is 0 Å². The van der Waals surface area contributed by atoms with Crippen LogP contribution in [0.2, 0.25) is 0 Å². The Kier molecular flexibility index (Phi) is 8.31. The molecule has 1 atom stereocenters. The van der Waals surface area contributed by atoms with Crippen LogP contribution in [0.1, 0.15) is 26.7 Å². The molecule has 1 aliphatic heterocycles. The molecule has 0 bridgehead atoms. The van der Waals surface area contributed by atoms with Crippen molar-refractivity contribution in [1.29, 1.82) is 0 Å². The average Bonchev–Trinajstić information content (AvgIpc) is 2.43. The third kappa shape index (κ3) is 5.91. The van der Waals surface area contributed by atoms with Crippen LogP contribution in [-0.4, -0.2) is 67.9 Å². The van der Waals surface area contributed by atoms with E-state index in [1.165, 1.54) is 25.9 Å². The molecular formula is C14H30N2OS. The van der Waals surface area contributed by atoms with Gasteiger partial charge in [-0.1, -0.05) is 6.92 Å². The quantitative estimate of drug-likeness (QED) is 0.631. The number of hydrogen-bond acceptors (Lipinski definition) is 4. The van der Waals surface area contributed by atoms with Crippen LogP contribution in [0.4, 0.5) is 0 Å². The minimum atomic E-state index is 0.671. The molecular weight excluding hydrogens is 244 g/mol. The van der Waals surface area contributed by atoms with Gasteiger partial charge in [-0.2, -0.15) is 0 Å². The topological polar surface area (TPSA) is 15.7 Å². The molecule has 3 nitrogen and oxygen atoms in total. The van der Waals surface area contributed by atoms with Crippen LogP contribution in [-0.2, 0) is 4.74 Å². The molecule has 0 aliphatic carbocycles. The molecule has 1 unspecified atom stereocenters. The lowest BCUT2D eigenvalue weighted by atomic mass is 9.98. The van der Waals surface area contributed by atoms with Crippen molar-refractivity contribution in [3.63, 3.8) is 0 Å². The molecule has 1 heterocycles.